The quantitative estimate of drug-likeness (QED) is 0.0309. The van der Waals surface area contributed by atoms with Crippen molar-refractivity contribution in [3.05, 3.63) is 0 Å². The molecule has 2 aliphatic rings. The van der Waals surface area contributed by atoms with Crippen LogP contribution in [0.25, 0.3) is 0 Å². The molecule has 19 heteroatoms. The van der Waals surface area contributed by atoms with Gasteiger partial charge in [0.1, 0.15) is 61.0 Å². The maximum Gasteiger partial charge on any atom is 0.472 e. The van der Waals surface area contributed by atoms with Crippen molar-refractivity contribution in [1.29, 1.82) is 0 Å². The first-order valence-corrected chi connectivity index (χ1v) is 26.7. The van der Waals surface area contributed by atoms with E-state index in [-0.39, 0.29) is 12.8 Å². The van der Waals surface area contributed by atoms with Crippen LogP contribution in [-0.4, -0.2) is 155 Å². The number of aliphatic hydroxyl groups excluding tert-OH is 9. The smallest absolute Gasteiger partial charge is 0.394 e. The second kappa shape index (κ2) is 34.4. The Morgan fingerprint density at radius 1 is 0.615 bits per heavy atom. The molecule has 1 amide bonds. The van der Waals surface area contributed by atoms with Crippen molar-refractivity contribution in [2.45, 2.75) is 273 Å². The van der Waals surface area contributed by atoms with Gasteiger partial charge in [-0.2, -0.15) is 0 Å². The number of aliphatic hydroxyl groups is 9. The first-order chi connectivity index (χ1) is 31.1. The predicted octanol–water partition coefficient (Wildman–Crippen LogP) is 3.88. The molecule has 0 aromatic heterocycles. The summed E-state index contributed by atoms with van der Waals surface area (Å²) in [7, 11) is -5.35. The van der Waals surface area contributed by atoms with Crippen LogP contribution < -0.4 is 11.1 Å². The van der Waals surface area contributed by atoms with Gasteiger partial charge in [-0.15, -0.1) is 0 Å². The molecule has 4 unspecified atom stereocenters. The lowest BCUT2D eigenvalue weighted by Gasteiger charge is -2.47. The number of hydrogen-bond acceptors (Lipinski definition) is 16. The summed E-state index contributed by atoms with van der Waals surface area (Å²) >= 11 is 0. The molecule has 1 aliphatic carbocycles. The third-order valence-electron chi connectivity index (χ3n) is 13.0. The average Bonchev–Trinajstić information content (AvgIpc) is 3.28. The fourth-order valence-corrected chi connectivity index (χ4v) is 9.57. The highest BCUT2D eigenvalue weighted by Gasteiger charge is 2.55. The first kappa shape index (κ1) is 60.2. The Labute approximate surface area is 388 Å². The van der Waals surface area contributed by atoms with Gasteiger partial charge in [0.25, 0.3) is 0 Å². The molecule has 18 nitrogen and oxygen atoms in total. The fourth-order valence-electron chi connectivity index (χ4n) is 8.61. The SMILES string of the molecule is CCCCCCCCCCCCCCCC(O)C(COP(=O)(O)O[C@@H]1[C@@H](O)[C@H](O)[C@@H](O)[C@H](O)[C@@H]1O[C@H]1O[C@H](CO)[C@@H](O)[C@H](O)[C@H]1N)NC(=O)C(O)CCCCCCCCCCCCCC. The van der Waals surface area contributed by atoms with Crippen LogP contribution in [0, 0.1) is 0 Å². The number of ether oxygens (including phenoxy) is 2. The van der Waals surface area contributed by atoms with Crippen molar-refractivity contribution in [3.63, 3.8) is 0 Å². The van der Waals surface area contributed by atoms with Gasteiger partial charge in [0, 0.05) is 0 Å². The van der Waals surface area contributed by atoms with Crippen LogP contribution in [-0.2, 0) is 27.9 Å². The first-order valence-electron chi connectivity index (χ1n) is 25.2. The zero-order valence-corrected chi connectivity index (χ0v) is 40.4. The Morgan fingerprint density at radius 3 is 1.48 bits per heavy atom. The maximum absolute atomic E-state index is 13.5. The Bertz CT molecular complexity index is 1260. The van der Waals surface area contributed by atoms with E-state index in [9.17, 15) is 60.2 Å². The van der Waals surface area contributed by atoms with E-state index in [1.165, 1.54) is 96.3 Å². The molecule has 1 saturated heterocycles. The number of amides is 1. The van der Waals surface area contributed by atoms with Crippen molar-refractivity contribution in [2.75, 3.05) is 13.2 Å². The molecule has 0 aromatic rings. The summed E-state index contributed by atoms with van der Waals surface area (Å²) in [6.45, 7) is 2.83. The Kier molecular flexibility index (Phi) is 31.9. The second-order valence-corrected chi connectivity index (χ2v) is 20.0. The second-order valence-electron chi connectivity index (χ2n) is 18.6. The van der Waals surface area contributed by atoms with Gasteiger partial charge in [0.05, 0.1) is 31.4 Å². The summed E-state index contributed by atoms with van der Waals surface area (Å²) in [6.07, 6.45) is 6.63. The van der Waals surface area contributed by atoms with Gasteiger partial charge in [-0.3, -0.25) is 13.8 Å². The highest BCUT2D eigenvalue weighted by Crippen LogP contribution is 2.48. The van der Waals surface area contributed by atoms with Gasteiger partial charge in [-0.25, -0.2) is 4.57 Å². The number of carbonyl (C=O) groups is 1. The van der Waals surface area contributed by atoms with Crippen LogP contribution in [0.5, 0.6) is 0 Å². The van der Waals surface area contributed by atoms with Crippen molar-refractivity contribution < 1.29 is 78.7 Å². The monoisotopic (exact) mass is 959 g/mol. The molecule has 2 fully saturated rings. The molecule has 386 valence electrons. The zero-order chi connectivity index (χ0) is 48.2. The maximum atomic E-state index is 13.5. The number of phosphoric acid groups is 1. The molecule has 1 saturated carbocycles. The minimum atomic E-state index is -5.35. The van der Waals surface area contributed by atoms with Gasteiger partial charge >= 0.3 is 7.82 Å². The standard InChI is InChI=1S/C46H91N2O16P/c1-3-5-7-9-11-13-15-17-19-20-22-24-26-28-33(50)32(48-45(58)34(51)29-27-25-23-21-18-16-14-12-10-8-6-4-2)31-61-65(59,60)64-44-42(57)40(55)39(54)41(56)43(44)63-46-36(47)38(53)37(52)35(30-49)62-46/h32-44,46,49-57H,3-31,47H2,1-2H3,(H,48,58)(H,59,60)/t32?,33?,34?,35-,36-,37-,38-,39-,40-,41+,42+,43+,44-,46-/m1/s1. The molecule has 1 heterocycles. The highest BCUT2D eigenvalue weighted by atomic mass is 31.2. The summed E-state index contributed by atoms with van der Waals surface area (Å²) in [5.74, 6) is -0.798. The van der Waals surface area contributed by atoms with Gasteiger partial charge in [0.2, 0.25) is 5.91 Å². The lowest BCUT2D eigenvalue weighted by atomic mass is 9.84. The number of carbonyl (C=O) groups excluding carboxylic acids is 1. The van der Waals surface area contributed by atoms with Gasteiger partial charge < -0.3 is 71.4 Å². The molecule has 0 aromatic carbocycles. The minimum Gasteiger partial charge on any atom is -0.394 e. The van der Waals surface area contributed by atoms with E-state index in [1.54, 1.807) is 0 Å². The van der Waals surface area contributed by atoms with Crippen LogP contribution >= 0.6 is 7.82 Å². The Morgan fingerprint density at radius 2 is 1.03 bits per heavy atom. The van der Waals surface area contributed by atoms with Gasteiger partial charge in [-0.1, -0.05) is 174 Å². The largest absolute Gasteiger partial charge is 0.472 e. The van der Waals surface area contributed by atoms with E-state index in [0.717, 1.165) is 51.4 Å². The number of unbranched alkanes of at least 4 members (excludes halogenated alkanes) is 23. The Balaban J connectivity index is 2.02. The van der Waals surface area contributed by atoms with Crippen LogP contribution in [0.4, 0.5) is 0 Å². The summed E-state index contributed by atoms with van der Waals surface area (Å²) in [5, 5.41) is 97.5. The molecular weight excluding hydrogens is 867 g/mol. The number of nitrogens with one attached hydrogen (secondary N) is 1. The van der Waals surface area contributed by atoms with E-state index in [4.69, 9.17) is 24.3 Å². The lowest BCUT2D eigenvalue weighted by molar-refractivity contribution is -0.315. The molecule has 65 heavy (non-hydrogen) atoms. The topological polar surface area (TPSA) is 311 Å². The predicted molar refractivity (Wildman–Crippen MR) is 245 cm³/mol. The third-order valence-corrected chi connectivity index (χ3v) is 14.0. The number of phosphoric ester groups is 1. The van der Waals surface area contributed by atoms with Crippen LogP contribution in [0.3, 0.4) is 0 Å². The molecular formula is C46H91N2O16P. The van der Waals surface area contributed by atoms with Gasteiger partial charge in [-0.05, 0) is 12.8 Å². The van der Waals surface area contributed by atoms with Crippen molar-refractivity contribution in [2.24, 2.45) is 5.73 Å². The van der Waals surface area contributed by atoms with Crippen LogP contribution in [0.15, 0.2) is 0 Å². The highest BCUT2D eigenvalue weighted by molar-refractivity contribution is 7.47. The van der Waals surface area contributed by atoms with Crippen LogP contribution in [0.2, 0.25) is 0 Å². The van der Waals surface area contributed by atoms with E-state index in [2.05, 4.69) is 19.2 Å². The lowest BCUT2D eigenvalue weighted by Crippen LogP contribution is -2.68. The molecule has 1 aliphatic heterocycles. The summed E-state index contributed by atoms with van der Waals surface area (Å²) in [4.78, 5) is 24.1. The fraction of sp³-hybridized carbons (Fsp3) is 0.978. The number of hydrogen-bond donors (Lipinski definition) is 12. The van der Waals surface area contributed by atoms with Crippen LogP contribution in [0.1, 0.15) is 187 Å². The third kappa shape index (κ3) is 23.0. The molecule has 0 bridgehead atoms. The summed E-state index contributed by atoms with van der Waals surface area (Å²) in [5.41, 5.74) is 5.96. The van der Waals surface area contributed by atoms with Crippen molar-refractivity contribution >= 4 is 13.7 Å². The normalized spacial score (nSPS) is 29.6. The number of rotatable bonds is 38. The van der Waals surface area contributed by atoms with E-state index in [0.29, 0.717) is 12.8 Å². The minimum absolute atomic E-state index is 0.175. The van der Waals surface area contributed by atoms with Crippen molar-refractivity contribution in [3.8, 4) is 0 Å². The average molecular weight is 959 g/mol. The summed E-state index contributed by atoms with van der Waals surface area (Å²) in [6, 6.07) is -2.81. The number of nitrogens with two attached hydrogens (primary N) is 1. The van der Waals surface area contributed by atoms with E-state index >= 15 is 0 Å². The molecule has 15 atom stereocenters. The molecule has 0 radical (unpaired) electrons. The molecule has 13 N–H and O–H groups in total. The molecule has 2 rings (SSSR count). The molecule has 0 spiro atoms. The van der Waals surface area contributed by atoms with Gasteiger partial charge in [0.15, 0.2) is 6.29 Å². The van der Waals surface area contributed by atoms with E-state index < -0.39 is 112 Å². The zero-order valence-electron chi connectivity index (χ0n) is 39.5. The summed E-state index contributed by atoms with van der Waals surface area (Å²) < 4.78 is 35.1. The Hall–Kier alpha value is -0.900. The van der Waals surface area contributed by atoms with E-state index in [1.807, 2.05) is 0 Å². The van der Waals surface area contributed by atoms with Crippen molar-refractivity contribution in [1.82, 2.24) is 5.32 Å².